The minimum atomic E-state index is -0.366. The molecule has 0 radical (unpaired) electrons. The van der Waals surface area contributed by atoms with Crippen molar-refractivity contribution in [2.75, 3.05) is 18.0 Å². The molecule has 0 saturated carbocycles. The first-order chi connectivity index (χ1) is 15.4. The van der Waals surface area contributed by atoms with Crippen molar-refractivity contribution >= 4 is 5.82 Å². The average Bonchev–Trinajstić information content (AvgIpc) is 3.18. The van der Waals surface area contributed by atoms with Gasteiger partial charge in [0, 0.05) is 50.2 Å². The van der Waals surface area contributed by atoms with E-state index in [1.165, 1.54) is 22.8 Å². The van der Waals surface area contributed by atoms with Crippen molar-refractivity contribution < 1.29 is 4.39 Å². The Balaban J connectivity index is 1.67. The third-order valence-corrected chi connectivity index (χ3v) is 5.99. The second-order valence-electron chi connectivity index (χ2n) is 8.42. The SMILES string of the molecule is Cc1cncn1CCCn1c(N2CCC[C@@H](N)C2)cc(=O)n(Cc2ccc(F)cc2)c1=O. The van der Waals surface area contributed by atoms with E-state index in [0.717, 1.165) is 25.1 Å². The monoisotopic (exact) mass is 440 g/mol. The Morgan fingerprint density at radius 3 is 2.62 bits per heavy atom. The third-order valence-electron chi connectivity index (χ3n) is 5.99. The lowest BCUT2D eigenvalue weighted by molar-refractivity contribution is 0.473. The lowest BCUT2D eigenvalue weighted by Gasteiger charge is -2.34. The molecule has 1 atom stereocenters. The zero-order valence-corrected chi connectivity index (χ0v) is 18.3. The van der Waals surface area contributed by atoms with Gasteiger partial charge in [-0.2, -0.15) is 0 Å². The summed E-state index contributed by atoms with van der Waals surface area (Å²) < 4.78 is 18.2. The fraction of sp³-hybridized carbons (Fsp3) is 0.435. The van der Waals surface area contributed by atoms with Crippen LogP contribution in [-0.2, 0) is 19.6 Å². The Kier molecular flexibility index (Phi) is 6.55. The minimum Gasteiger partial charge on any atom is -0.356 e. The maximum absolute atomic E-state index is 13.4. The first-order valence-corrected chi connectivity index (χ1v) is 11.0. The number of hydrogen-bond donors (Lipinski definition) is 1. The fourth-order valence-electron chi connectivity index (χ4n) is 4.23. The third kappa shape index (κ3) is 4.83. The Hall–Kier alpha value is -3.20. The van der Waals surface area contributed by atoms with Crippen molar-refractivity contribution in [3.63, 3.8) is 0 Å². The molecule has 1 aromatic carbocycles. The number of rotatable bonds is 7. The maximum atomic E-state index is 13.4. The Labute approximate surface area is 185 Å². The first kappa shape index (κ1) is 22.0. The standard InChI is InChI=1S/C23H29FN6O2/c1-17-13-26-16-28(17)10-3-11-29-21(27-9-2-4-20(25)15-27)12-22(31)30(23(29)32)14-18-5-7-19(24)8-6-18/h5-8,12-13,16,20H,2-4,9-11,14-15,25H2,1H3/t20-/m1/s1. The number of nitrogens with two attached hydrogens (primary N) is 1. The number of aryl methyl sites for hydroxylation is 2. The van der Waals surface area contributed by atoms with E-state index in [0.29, 0.717) is 37.4 Å². The van der Waals surface area contributed by atoms with Crippen molar-refractivity contribution in [3.8, 4) is 0 Å². The molecule has 1 aliphatic rings. The van der Waals surface area contributed by atoms with Crippen LogP contribution in [0.3, 0.4) is 0 Å². The predicted octanol–water partition coefficient (Wildman–Crippen LogP) is 1.72. The zero-order chi connectivity index (χ0) is 22.7. The lowest BCUT2D eigenvalue weighted by Crippen LogP contribution is -2.48. The predicted molar refractivity (Wildman–Crippen MR) is 121 cm³/mol. The number of benzene rings is 1. The van der Waals surface area contributed by atoms with E-state index in [9.17, 15) is 14.0 Å². The molecule has 32 heavy (non-hydrogen) atoms. The van der Waals surface area contributed by atoms with Gasteiger partial charge >= 0.3 is 5.69 Å². The molecular formula is C23H29FN6O2. The topological polar surface area (TPSA) is 91.1 Å². The van der Waals surface area contributed by atoms with Gasteiger partial charge in [-0.15, -0.1) is 0 Å². The van der Waals surface area contributed by atoms with Gasteiger partial charge in [0.25, 0.3) is 5.56 Å². The molecule has 1 fully saturated rings. The number of imidazole rings is 1. The summed E-state index contributed by atoms with van der Waals surface area (Å²) in [6.45, 7) is 4.63. The number of piperidine rings is 1. The Bertz CT molecular complexity index is 1180. The van der Waals surface area contributed by atoms with E-state index in [-0.39, 0.29) is 29.7 Å². The molecule has 2 N–H and O–H groups in total. The van der Waals surface area contributed by atoms with Gasteiger partial charge in [0.1, 0.15) is 11.6 Å². The number of aromatic nitrogens is 4. The van der Waals surface area contributed by atoms with Gasteiger partial charge in [0.15, 0.2) is 0 Å². The molecule has 0 amide bonds. The summed E-state index contributed by atoms with van der Waals surface area (Å²) >= 11 is 0. The van der Waals surface area contributed by atoms with Crippen molar-refractivity contribution in [3.05, 3.63) is 80.8 Å². The molecule has 0 spiro atoms. The van der Waals surface area contributed by atoms with Crippen LogP contribution in [0.2, 0.25) is 0 Å². The fourth-order valence-corrected chi connectivity index (χ4v) is 4.23. The molecule has 1 saturated heterocycles. The summed E-state index contributed by atoms with van der Waals surface area (Å²) in [7, 11) is 0. The molecule has 8 nitrogen and oxygen atoms in total. The van der Waals surface area contributed by atoms with Gasteiger partial charge in [-0.25, -0.2) is 14.2 Å². The Morgan fingerprint density at radius 1 is 1.16 bits per heavy atom. The maximum Gasteiger partial charge on any atom is 0.332 e. The van der Waals surface area contributed by atoms with Gasteiger partial charge in [0.05, 0.1) is 12.9 Å². The van der Waals surface area contributed by atoms with Crippen LogP contribution in [0.4, 0.5) is 10.2 Å². The molecule has 170 valence electrons. The van der Waals surface area contributed by atoms with Gasteiger partial charge < -0.3 is 15.2 Å². The van der Waals surface area contributed by atoms with Gasteiger partial charge in [-0.1, -0.05) is 12.1 Å². The summed E-state index contributed by atoms with van der Waals surface area (Å²) in [5.74, 6) is 0.262. The molecule has 9 heteroatoms. The van der Waals surface area contributed by atoms with E-state index in [1.807, 2.05) is 16.4 Å². The smallest absolute Gasteiger partial charge is 0.332 e. The molecule has 4 rings (SSSR count). The van der Waals surface area contributed by atoms with Crippen LogP contribution < -0.4 is 21.9 Å². The van der Waals surface area contributed by atoms with E-state index in [2.05, 4.69) is 4.98 Å². The second-order valence-corrected chi connectivity index (χ2v) is 8.42. The largest absolute Gasteiger partial charge is 0.356 e. The highest BCUT2D eigenvalue weighted by atomic mass is 19.1. The molecular weight excluding hydrogens is 411 g/mol. The number of nitrogens with zero attached hydrogens (tertiary/aromatic N) is 5. The van der Waals surface area contributed by atoms with Crippen LogP contribution in [0, 0.1) is 12.7 Å². The summed E-state index contributed by atoms with van der Waals surface area (Å²) in [4.78, 5) is 32.5. The quantitative estimate of drug-likeness (QED) is 0.604. The number of hydrogen-bond acceptors (Lipinski definition) is 5. The van der Waals surface area contributed by atoms with Crippen LogP contribution in [0.15, 0.2) is 52.4 Å². The molecule has 3 aromatic rings. The number of halogens is 1. The van der Waals surface area contributed by atoms with Crippen LogP contribution >= 0.6 is 0 Å². The summed E-state index contributed by atoms with van der Waals surface area (Å²) in [6.07, 6.45) is 6.14. The molecule has 2 aromatic heterocycles. The zero-order valence-electron chi connectivity index (χ0n) is 18.3. The van der Waals surface area contributed by atoms with E-state index in [1.54, 1.807) is 29.2 Å². The van der Waals surface area contributed by atoms with Gasteiger partial charge in [-0.3, -0.25) is 13.9 Å². The molecule has 0 unspecified atom stereocenters. The molecule has 0 bridgehead atoms. The molecule has 1 aliphatic heterocycles. The number of anilines is 1. The highest BCUT2D eigenvalue weighted by Crippen LogP contribution is 2.18. The summed E-state index contributed by atoms with van der Waals surface area (Å²) in [6, 6.07) is 7.38. The van der Waals surface area contributed by atoms with Crippen LogP contribution in [0.1, 0.15) is 30.5 Å². The minimum absolute atomic E-state index is 0.0162. The summed E-state index contributed by atoms with van der Waals surface area (Å²) in [5, 5.41) is 0. The van der Waals surface area contributed by atoms with E-state index < -0.39 is 0 Å². The lowest BCUT2D eigenvalue weighted by atomic mass is 10.1. The van der Waals surface area contributed by atoms with E-state index in [4.69, 9.17) is 5.73 Å². The normalized spacial score (nSPS) is 16.5. The van der Waals surface area contributed by atoms with Crippen molar-refractivity contribution in [2.45, 2.75) is 51.9 Å². The highest BCUT2D eigenvalue weighted by molar-refractivity contribution is 5.39. The molecule has 0 aliphatic carbocycles. The first-order valence-electron chi connectivity index (χ1n) is 11.0. The van der Waals surface area contributed by atoms with E-state index >= 15 is 0 Å². The average molecular weight is 441 g/mol. The summed E-state index contributed by atoms with van der Waals surface area (Å²) in [5.41, 5.74) is 7.18. The van der Waals surface area contributed by atoms with Crippen molar-refractivity contribution in [1.82, 2.24) is 18.7 Å². The highest BCUT2D eigenvalue weighted by Gasteiger charge is 2.22. The Morgan fingerprint density at radius 2 is 1.94 bits per heavy atom. The second kappa shape index (κ2) is 9.52. The van der Waals surface area contributed by atoms with Crippen LogP contribution in [-0.4, -0.2) is 37.8 Å². The molecule has 3 heterocycles. The van der Waals surface area contributed by atoms with Crippen molar-refractivity contribution in [2.24, 2.45) is 5.73 Å². The van der Waals surface area contributed by atoms with Gasteiger partial charge in [0.2, 0.25) is 0 Å². The van der Waals surface area contributed by atoms with Gasteiger partial charge in [-0.05, 0) is 43.9 Å². The van der Waals surface area contributed by atoms with Crippen LogP contribution in [0.25, 0.3) is 0 Å². The van der Waals surface area contributed by atoms with Crippen molar-refractivity contribution in [1.29, 1.82) is 0 Å². The van der Waals surface area contributed by atoms with Crippen LogP contribution in [0.5, 0.6) is 0 Å².